The molecule has 0 aliphatic carbocycles. The van der Waals surface area contributed by atoms with E-state index < -0.39 is 12.0 Å². The number of nitrogens with zero attached hydrogens (tertiary/aromatic N) is 1. The van der Waals surface area contributed by atoms with Crippen molar-refractivity contribution in [1.29, 1.82) is 0 Å². The number of benzene rings is 1. The molecule has 2 unspecified atom stereocenters. The number of carboxylic acids is 1. The van der Waals surface area contributed by atoms with E-state index in [9.17, 15) is 14.3 Å². The molecule has 6 heteroatoms. The molecule has 1 N–H and O–H groups in total. The lowest BCUT2D eigenvalue weighted by atomic mass is 10.0. The van der Waals surface area contributed by atoms with Crippen LogP contribution in [0.15, 0.2) is 24.3 Å². The van der Waals surface area contributed by atoms with Gasteiger partial charge in [0.2, 0.25) is 0 Å². The van der Waals surface area contributed by atoms with E-state index in [1.807, 2.05) is 4.90 Å². The summed E-state index contributed by atoms with van der Waals surface area (Å²) in [6.45, 7) is 2.77. The number of likely N-dealkylation sites (tertiary alicyclic amines) is 1. The second-order valence-electron chi connectivity index (χ2n) is 6.85. The van der Waals surface area contributed by atoms with Gasteiger partial charge in [-0.25, -0.2) is 4.39 Å². The Morgan fingerprint density at radius 3 is 2.56 bits per heavy atom. The van der Waals surface area contributed by atoms with E-state index in [2.05, 4.69) is 0 Å². The van der Waals surface area contributed by atoms with Crippen molar-refractivity contribution >= 4 is 5.97 Å². The van der Waals surface area contributed by atoms with Crippen molar-refractivity contribution in [3.05, 3.63) is 35.6 Å². The molecule has 5 nitrogen and oxygen atoms in total. The first-order valence-corrected chi connectivity index (χ1v) is 9.09. The van der Waals surface area contributed by atoms with Crippen molar-refractivity contribution in [3.63, 3.8) is 0 Å². The summed E-state index contributed by atoms with van der Waals surface area (Å²) < 4.78 is 24.8. The Kier molecular flexibility index (Phi) is 6.39. The summed E-state index contributed by atoms with van der Waals surface area (Å²) >= 11 is 0. The van der Waals surface area contributed by atoms with Crippen molar-refractivity contribution in [2.75, 3.05) is 26.3 Å². The molecule has 0 radical (unpaired) electrons. The van der Waals surface area contributed by atoms with Crippen molar-refractivity contribution in [3.8, 4) is 0 Å². The Morgan fingerprint density at radius 2 is 1.96 bits per heavy atom. The van der Waals surface area contributed by atoms with Gasteiger partial charge < -0.3 is 14.6 Å². The summed E-state index contributed by atoms with van der Waals surface area (Å²) in [6, 6.07) is 4.99. The van der Waals surface area contributed by atoms with E-state index in [4.69, 9.17) is 9.47 Å². The summed E-state index contributed by atoms with van der Waals surface area (Å²) in [5.41, 5.74) is 0.615. The third-order valence-electron chi connectivity index (χ3n) is 5.05. The highest BCUT2D eigenvalue weighted by atomic mass is 19.1. The van der Waals surface area contributed by atoms with Gasteiger partial charge in [-0.15, -0.1) is 0 Å². The average molecular weight is 351 g/mol. The summed E-state index contributed by atoms with van der Waals surface area (Å²) in [6.07, 6.45) is 5.36. The smallest absolute Gasteiger partial charge is 0.325 e. The fourth-order valence-corrected chi connectivity index (χ4v) is 3.64. The van der Waals surface area contributed by atoms with E-state index in [1.54, 1.807) is 12.1 Å². The normalized spacial score (nSPS) is 24.1. The average Bonchev–Trinajstić information content (AvgIpc) is 2.63. The molecule has 1 aromatic carbocycles. The van der Waals surface area contributed by atoms with Crippen molar-refractivity contribution in [2.24, 2.45) is 0 Å². The van der Waals surface area contributed by atoms with Crippen LogP contribution in [-0.4, -0.2) is 54.5 Å². The Bertz CT molecular complexity index is 551. The van der Waals surface area contributed by atoms with Crippen LogP contribution in [0.2, 0.25) is 0 Å². The lowest BCUT2D eigenvalue weighted by Gasteiger charge is -2.36. The number of hydrogen-bond donors (Lipinski definition) is 1. The van der Waals surface area contributed by atoms with Gasteiger partial charge in [0, 0.05) is 19.7 Å². The first kappa shape index (κ1) is 18.3. The number of piperidine rings is 1. The zero-order valence-corrected chi connectivity index (χ0v) is 14.4. The van der Waals surface area contributed by atoms with E-state index in [0.717, 1.165) is 32.3 Å². The largest absolute Gasteiger partial charge is 0.480 e. The third-order valence-corrected chi connectivity index (χ3v) is 5.05. The summed E-state index contributed by atoms with van der Waals surface area (Å²) in [5, 5.41) is 9.60. The molecule has 2 saturated heterocycles. The molecule has 2 aliphatic rings. The third kappa shape index (κ3) is 5.00. The fourth-order valence-electron chi connectivity index (χ4n) is 3.64. The van der Waals surface area contributed by atoms with Crippen molar-refractivity contribution in [2.45, 2.75) is 50.4 Å². The molecule has 2 heterocycles. The summed E-state index contributed by atoms with van der Waals surface area (Å²) in [4.78, 5) is 13.7. The van der Waals surface area contributed by atoms with Gasteiger partial charge in [-0.1, -0.05) is 12.1 Å². The number of carbonyl (C=O) groups is 1. The molecular formula is C19H26FNO4. The molecule has 0 spiro atoms. The molecule has 0 amide bonds. The lowest BCUT2D eigenvalue weighted by molar-refractivity contribution is -0.145. The predicted molar refractivity (Wildman–Crippen MR) is 90.9 cm³/mol. The maximum absolute atomic E-state index is 13.1. The van der Waals surface area contributed by atoms with Crippen LogP contribution in [0.5, 0.6) is 0 Å². The Morgan fingerprint density at radius 1 is 1.24 bits per heavy atom. The number of carboxylic acid groups (broad SMARTS) is 1. The van der Waals surface area contributed by atoms with Gasteiger partial charge >= 0.3 is 5.97 Å². The monoisotopic (exact) mass is 351 g/mol. The van der Waals surface area contributed by atoms with Gasteiger partial charge in [0.15, 0.2) is 0 Å². The molecule has 2 fully saturated rings. The Hall–Kier alpha value is -1.50. The standard InChI is InChI=1S/C19H26FNO4/c20-15-6-4-14(5-7-15)18(19(22)23)21-10-8-16(9-11-21)25-13-17-3-1-2-12-24-17/h4-7,16-18H,1-3,8-13H2,(H,22,23). The molecule has 138 valence electrons. The zero-order valence-electron chi connectivity index (χ0n) is 14.4. The van der Waals surface area contributed by atoms with Gasteiger partial charge in [0.05, 0.1) is 18.8 Å². The minimum atomic E-state index is -0.901. The predicted octanol–water partition coefficient (Wildman–Crippen LogP) is 3.00. The summed E-state index contributed by atoms with van der Waals surface area (Å²) in [7, 11) is 0. The topological polar surface area (TPSA) is 59.0 Å². The number of halogens is 1. The molecular weight excluding hydrogens is 325 g/mol. The van der Waals surface area contributed by atoms with Gasteiger partial charge in [0.25, 0.3) is 0 Å². The van der Waals surface area contributed by atoms with Crippen LogP contribution in [0.4, 0.5) is 4.39 Å². The molecule has 0 bridgehead atoms. The minimum Gasteiger partial charge on any atom is -0.480 e. The number of ether oxygens (including phenoxy) is 2. The number of aliphatic carboxylic acids is 1. The van der Waals surface area contributed by atoms with Crippen molar-refractivity contribution in [1.82, 2.24) is 4.90 Å². The highest BCUT2D eigenvalue weighted by Crippen LogP contribution is 2.26. The van der Waals surface area contributed by atoms with Crippen LogP contribution in [0.25, 0.3) is 0 Å². The van der Waals surface area contributed by atoms with Gasteiger partial charge in [-0.2, -0.15) is 0 Å². The maximum atomic E-state index is 13.1. The second kappa shape index (κ2) is 8.74. The quantitative estimate of drug-likeness (QED) is 0.854. The molecule has 1 aromatic rings. The van der Waals surface area contributed by atoms with E-state index in [0.29, 0.717) is 25.3 Å². The van der Waals surface area contributed by atoms with Gasteiger partial charge in [0.1, 0.15) is 11.9 Å². The van der Waals surface area contributed by atoms with E-state index in [1.165, 1.54) is 18.6 Å². The van der Waals surface area contributed by atoms with Gasteiger partial charge in [-0.3, -0.25) is 9.69 Å². The van der Waals surface area contributed by atoms with Crippen LogP contribution in [0, 0.1) is 5.82 Å². The second-order valence-corrected chi connectivity index (χ2v) is 6.85. The van der Waals surface area contributed by atoms with Crippen LogP contribution in [-0.2, 0) is 14.3 Å². The Labute approximate surface area is 147 Å². The molecule has 2 atom stereocenters. The Balaban J connectivity index is 1.51. The van der Waals surface area contributed by atoms with Crippen molar-refractivity contribution < 1.29 is 23.8 Å². The number of hydrogen-bond acceptors (Lipinski definition) is 4. The SMILES string of the molecule is O=C(O)C(c1ccc(F)cc1)N1CCC(OCC2CCCCO2)CC1. The van der Waals surface area contributed by atoms with Crippen LogP contribution in [0.1, 0.15) is 43.7 Å². The molecule has 2 aliphatic heterocycles. The molecule has 0 aromatic heterocycles. The highest BCUT2D eigenvalue weighted by Gasteiger charge is 2.31. The molecule has 3 rings (SSSR count). The van der Waals surface area contributed by atoms with E-state index in [-0.39, 0.29) is 18.0 Å². The minimum absolute atomic E-state index is 0.157. The first-order valence-electron chi connectivity index (χ1n) is 9.09. The van der Waals surface area contributed by atoms with Crippen LogP contribution >= 0.6 is 0 Å². The molecule has 25 heavy (non-hydrogen) atoms. The highest BCUT2D eigenvalue weighted by molar-refractivity contribution is 5.75. The fraction of sp³-hybridized carbons (Fsp3) is 0.632. The lowest BCUT2D eigenvalue weighted by Crippen LogP contribution is -2.42. The molecule has 0 saturated carbocycles. The number of rotatable bonds is 6. The zero-order chi connectivity index (χ0) is 17.6. The first-order chi connectivity index (χ1) is 12.1. The summed E-state index contributed by atoms with van der Waals surface area (Å²) in [5.74, 6) is -1.26. The van der Waals surface area contributed by atoms with Gasteiger partial charge in [-0.05, 0) is 49.8 Å². The maximum Gasteiger partial charge on any atom is 0.325 e. The van der Waals surface area contributed by atoms with Crippen LogP contribution in [0.3, 0.4) is 0 Å². The van der Waals surface area contributed by atoms with Crippen LogP contribution < -0.4 is 0 Å². The van der Waals surface area contributed by atoms with E-state index >= 15 is 0 Å².